The van der Waals surface area contributed by atoms with Crippen LogP contribution in [0.3, 0.4) is 0 Å². The standard InChI is InChI=1S/C22H27FN8O2/c1-22(2,32)12-30-11-14(9-25-30)29-6-4-5-13(10-29)19-27-20-15-7-16(23)18(33-3)8-17(15)26-21(24)31(20)28-19/h7-9,11,13,32H,4-6,10,12H2,1-3H3,(H2,24,26)/t13-/m0/s1. The summed E-state index contributed by atoms with van der Waals surface area (Å²) < 4.78 is 22.7. The SMILES string of the molecule is COc1cc2nc(N)n3nc([C@H]4CCCN(c5cnn(CC(C)(C)O)c5)C4)nc3c2cc1F. The number of nitrogens with zero attached hydrogens (tertiary/aromatic N) is 7. The number of ether oxygens (including phenoxy) is 1. The maximum Gasteiger partial charge on any atom is 0.223 e. The monoisotopic (exact) mass is 454 g/mol. The van der Waals surface area contributed by atoms with Crippen LogP contribution in [-0.4, -0.2) is 60.3 Å². The van der Waals surface area contributed by atoms with Crippen molar-refractivity contribution in [3.8, 4) is 5.75 Å². The van der Waals surface area contributed by atoms with Gasteiger partial charge in [-0.25, -0.2) is 14.4 Å². The number of piperidine rings is 1. The highest BCUT2D eigenvalue weighted by Crippen LogP contribution is 2.31. The first-order valence-electron chi connectivity index (χ1n) is 10.9. The van der Waals surface area contributed by atoms with Gasteiger partial charge in [0, 0.05) is 36.7 Å². The molecule has 3 N–H and O–H groups in total. The topological polar surface area (TPSA) is 120 Å². The number of fused-ring (bicyclic) bond motifs is 3. The summed E-state index contributed by atoms with van der Waals surface area (Å²) in [6.45, 7) is 5.55. The number of hydrogen-bond acceptors (Lipinski definition) is 8. The van der Waals surface area contributed by atoms with Gasteiger partial charge in [0.2, 0.25) is 5.95 Å². The van der Waals surface area contributed by atoms with Crippen molar-refractivity contribution in [1.82, 2.24) is 29.4 Å². The highest BCUT2D eigenvalue weighted by molar-refractivity contribution is 5.93. The molecule has 0 spiro atoms. The van der Waals surface area contributed by atoms with E-state index >= 15 is 0 Å². The van der Waals surface area contributed by atoms with Gasteiger partial charge in [0.25, 0.3) is 0 Å². The Labute approximate surface area is 189 Å². The van der Waals surface area contributed by atoms with Crippen molar-refractivity contribution in [3.63, 3.8) is 0 Å². The molecule has 33 heavy (non-hydrogen) atoms. The molecule has 0 unspecified atom stereocenters. The quantitative estimate of drug-likeness (QED) is 0.472. The molecule has 3 aromatic heterocycles. The molecule has 1 aliphatic rings. The van der Waals surface area contributed by atoms with Crippen LogP contribution in [0, 0.1) is 5.82 Å². The van der Waals surface area contributed by atoms with Crippen LogP contribution in [0.2, 0.25) is 0 Å². The van der Waals surface area contributed by atoms with E-state index in [0.717, 1.165) is 31.6 Å². The Morgan fingerprint density at radius 1 is 1.30 bits per heavy atom. The van der Waals surface area contributed by atoms with E-state index < -0.39 is 11.4 Å². The van der Waals surface area contributed by atoms with Gasteiger partial charge in [0.1, 0.15) is 0 Å². The van der Waals surface area contributed by atoms with E-state index in [1.807, 2.05) is 12.4 Å². The summed E-state index contributed by atoms with van der Waals surface area (Å²) in [6.07, 6.45) is 5.66. The number of aromatic nitrogens is 6. The third-order valence-corrected chi connectivity index (χ3v) is 5.91. The summed E-state index contributed by atoms with van der Waals surface area (Å²) in [6, 6.07) is 2.88. The summed E-state index contributed by atoms with van der Waals surface area (Å²) in [7, 11) is 1.41. The molecule has 1 saturated heterocycles. The van der Waals surface area contributed by atoms with Gasteiger partial charge in [-0.05, 0) is 32.8 Å². The lowest BCUT2D eigenvalue weighted by Crippen LogP contribution is -2.34. The number of hydrogen-bond donors (Lipinski definition) is 2. The molecular weight excluding hydrogens is 427 g/mol. The van der Waals surface area contributed by atoms with Gasteiger partial charge >= 0.3 is 0 Å². The molecule has 1 fully saturated rings. The van der Waals surface area contributed by atoms with Crippen molar-refractivity contribution in [2.24, 2.45) is 0 Å². The second-order valence-corrected chi connectivity index (χ2v) is 9.17. The molecule has 4 aromatic rings. The average Bonchev–Trinajstić information content (AvgIpc) is 3.41. The van der Waals surface area contributed by atoms with E-state index in [1.54, 1.807) is 18.5 Å². The van der Waals surface area contributed by atoms with E-state index in [0.29, 0.717) is 28.9 Å². The molecule has 10 nitrogen and oxygen atoms in total. The van der Waals surface area contributed by atoms with Crippen LogP contribution in [0.25, 0.3) is 16.6 Å². The second-order valence-electron chi connectivity index (χ2n) is 9.17. The summed E-state index contributed by atoms with van der Waals surface area (Å²) in [5.74, 6) is 0.529. The fourth-order valence-electron chi connectivity index (χ4n) is 4.40. The first-order chi connectivity index (χ1) is 15.7. The summed E-state index contributed by atoms with van der Waals surface area (Å²) in [5.41, 5.74) is 7.27. The molecule has 0 aliphatic carbocycles. The lowest BCUT2D eigenvalue weighted by Gasteiger charge is -2.32. The van der Waals surface area contributed by atoms with Gasteiger partial charge in [0.15, 0.2) is 23.0 Å². The largest absolute Gasteiger partial charge is 0.494 e. The van der Waals surface area contributed by atoms with E-state index in [4.69, 9.17) is 15.5 Å². The van der Waals surface area contributed by atoms with Crippen LogP contribution in [0.5, 0.6) is 5.75 Å². The molecule has 0 radical (unpaired) electrons. The lowest BCUT2D eigenvalue weighted by atomic mass is 9.97. The van der Waals surface area contributed by atoms with Gasteiger partial charge in [-0.1, -0.05) is 0 Å². The zero-order valence-corrected chi connectivity index (χ0v) is 18.9. The minimum absolute atomic E-state index is 0.0776. The van der Waals surface area contributed by atoms with Gasteiger partial charge in [-0.15, -0.1) is 5.10 Å². The molecule has 174 valence electrons. The van der Waals surface area contributed by atoms with E-state index in [-0.39, 0.29) is 17.6 Å². The fourth-order valence-corrected chi connectivity index (χ4v) is 4.40. The van der Waals surface area contributed by atoms with Crippen molar-refractivity contribution in [2.45, 2.75) is 44.8 Å². The van der Waals surface area contributed by atoms with Gasteiger partial charge in [-0.3, -0.25) is 4.68 Å². The van der Waals surface area contributed by atoms with Crippen LogP contribution in [0.15, 0.2) is 24.5 Å². The number of anilines is 2. The van der Waals surface area contributed by atoms with Crippen LogP contribution >= 0.6 is 0 Å². The van der Waals surface area contributed by atoms with Crippen molar-refractivity contribution >= 4 is 28.2 Å². The number of aliphatic hydroxyl groups is 1. The van der Waals surface area contributed by atoms with E-state index in [9.17, 15) is 9.50 Å². The molecular formula is C22H27FN8O2. The van der Waals surface area contributed by atoms with E-state index in [2.05, 4.69) is 20.1 Å². The minimum atomic E-state index is -0.839. The second kappa shape index (κ2) is 7.84. The van der Waals surface area contributed by atoms with Crippen molar-refractivity contribution in [2.75, 3.05) is 30.8 Å². The Kier molecular flexibility index (Phi) is 5.08. The smallest absolute Gasteiger partial charge is 0.223 e. The number of nitrogens with two attached hydrogens (primary N) is 1. The normalized spacial score (nSPS) is 17.2. The van der Waals surface area contributed by atoms with Crippen LogP contribution in [0.1, 0.15) is 38.4 Å². The number of rotatable bonds is 5. The summed E-state index contributed by atoms with van der Waals surface area (Å²) in [4.78, 5) is 11.4. The third-order valence-electron chi connectivity index (χ3n) is 5.91. The summed E-state index contributed by atoms with van der Waals surface area (Å²) in [5, 5.41) is 19.6. The van der Waals surface area contributed by atoms with Gasteiger partial charge in [-0.2, -0.15) is 9.61 Å². The number of benzene rings is 1. The molecule has 4 heterocycles. The van der Waals surface area contributed by atoms with Gasteiger partial charge < -0.3 is 20.5 Å². The Hall–Kier alpha value is -3.47. The van der Waals surface area contributed by atoms with E-state index in [1.165, 1.54) is 23.8 Å². The van der Waals surface area contributed by atoms with Crippen LogP contribution in [-0.2, 0) is 6.54 Å². The molecule has 1 aliphatic heterocycles. The number of nitrogen functional groups attached to an aromatic ring is 1. The molecule has 11 heteroatoms. The Morgan fingerprint density at radius 2 is 2.12 bits per heavy atom. The zero-order valence-electron chi connectivity index (χ0n) is 18.9. The van der Waals surface area contributed by atoms with Crippen LogP contribution in [0.4, 0.5) is 16.0 Å². The maximum absolute atomic E-state index is 14.4. The first kappa shape index (κ1) is 21.4. The molecule has 0 amide bonds. The number of halogens is 1. The molecule has 1 atom stereocenters. The van der Waals surface area contributed by atoms with Crippen molar-refractivity contribution in [3.05, 3.63) is 36.2 Å². The Bertz CT molecular complexity index is 1330. The molecule has 5 rings (SSSR count). The predicted octanol–water partition coefficient (Wildman–Crippen LogP) is 2.36. The number of methoxy groups -OCH3 is 1. The Morgan fingerprint density at radius 3 is 2.88 bits per heavy atom. The average molecular weight is 455 g/mol. The highest BCUT2D eigenvalue weighted by atomic mass is 19.1. The van der Waals surface area contributed by atoms with Crippen molar-refractivity contribution < 1.29 is 14.2 Å². The molecule has 0 saturated carbocycles. The van der Waals surface area contributed by atoms with Crippen LogP contribution < -0.4 is 15.4 Å². The third kappa shape index (κ3) is 4.04. The Balaban J connectivity index is 1.46. The predicted molar refractivity (Wildman–Crippen MR) is 122 cm³/mol. The first-order valence-corrected chi connectivity index (χ1v) is 10.9. The molecule has 0 bridgehead atoms. The maximum atomic E-state index is 14.4. The zero-order chi connectivity index (χ0) is 23.3. The highest BCUT2D eigenvalue weighted by Gasteiger charge is 2.27. The van der Waals surface area contributed by atoms with Gasteiger partial charge in [0.05, 0.1) is 36.7 Å². The fraction of sp³-hybridized carbons (Fsp3) is 0.455. The molecule has 1 aromatic carbocycles. The lowest BCUT2D eigenvalue weighted by molar-refractivity contribution is 0.0577. The van der Waals surface area contributed by atoms with Crippen molar-refractivity contribution in [1.29, 1.82) is 0 Å². The minimum Gasteiger partial charge on any atom is -0.494 e. The summed E-state index contributed by atoms with van der Waals surface area (Å²) >= 11 is 0.